The van der Waals surface area contributed by atoms with E-state index >= 15 is 0 Å². The Kier molecular flexibility index (Phi) is 5.31. The summed E-state index contributed by atoms with van der Waals surface area (Å²) in [5.41, 5.74) is 3.51. The standard InChI is InChI=1S/C15H22F2N2O/c1-10-6-8-11(9-7-10)14(19-18)12-4-2-3-5-13(12)20-15(16)17/h2-5,10-11,14-15,19H,6-9,18H2,1H3. The van der Waals surface area contributed by atoms with Gasteiger partial charge in [0.05, 0.1) is 6.04 Å². The van der Waals surface area contributed by atoms with Crippen LogP contribution in [0, 0.1) is 11.8 Å². The lowest BCUT2D eigenvalue weighted by Crippen LogP contribution is -2.35. The van der Waals surface area contributed by atoms with Gasteiger partial charge < -0.3 is 4.74 Å². The zero-order valence-electron chi connectivity index (χ0n) is 11.7. The third kappa shape index (κ3) is 3.67. The van der Waals surface area contributed by atoms with Crippen molar-refractivity contribution < 1.29 is 13.5 Å². The van der Waals surface area contributed by atoms with Crippen LogP contribution in [0.1, 0.15) is 44.2 Å². The summed E-state index contributed by atoms with van der Waals surface area (Å²) < 4.78 is 29.6. The highest BCUT2D eigenvalue weighted by atomic mass is 19.3. The number of nitrogens with two attached hydrogens (primary N) is 1. The van der Waals surface area contributed by atoms with E-state index in [1.165, 1.54) is 0 Å². The second-order valence-electron chi connectivity index (χ2n) is 5.58. The van der Waals surface area contributed by atoms with Crippen LogP contribution in [0.4, 0.5) is 8.78 Å². The lowest BCUT2D eigenvalue weighted by Gasteiger charge is -2.33. The quantitative estimate of drug-likeness (QED) is 0.641. The number of ether oxygens (including phenoxy) is 1. The van der Waals surface area contributed by atoms with Crippen molar-refractivity contribution in [2.45, 2.75) is 45.3 Å². The molecule has 0 bridgehead atoms. The van der Waals surface area contributed by atoms with Crippen LogP contribution in [0.3, 0.4) is 0 Å². The number of para-hydroxylation sites is 1. The highest BCUT2D eigenvalue weighted by Gasteiger charge is 2.28. The van der Waals surface area contributed by atoms with Crippen molar-refractivity contribution in [3.05, 3.63) is 29.8 Å². The first-order chi connectivity index (χ1) is 9.61. The van der Waals surface area contributed by atoms with Crippen LogP contribution in [0.5, 0.6) is 5.75 Å². The molecule has 1 aromatic carbocycles. The molecule has 0 aliphatic heterocycles. The molecule has 1 atom stereocenters. The summed E-state index contributed by atoms with van der Waals surface area (Å²) in [4.78, 5) is 0. The molecular weight excluding hydrogens is 262 g/mol. The Morgan fingerprint density at radius 2 is 1.85 bits per heavy atom. The van der Waals surface area contributed by atoms with Crippen LogP contribution in [0.25, 0.3) is 0 Å². The average molecular weight is 284 g/mol. The van der Waals surface area contributed by atoms with Crippen LogP contribution >= 0.6 is 0 Å². The molecule has 3 nitrogen and oxygen atoms in total. The highest BCUT2D eigenvalue weighted by molar-refractivity contribution is 5.36. The molecule has 1 aliphatic carbocycles. The summed E-state index contributed by atoms with van der Waals surface area (Å²) in [5.74, 6) is 6.98. The van der Waals surface area contributed by atoms with Crippen LogP contribution < -0.4 is 16.0 Å². The number of hydrogen-bond donors (Lipinski definition) is 2. The second-order valence-corrected chi connectivity index (χ2v) is 5.58. The van der Waals surface area contributed by atoms with Gasteiger partial charge in [0.15, 0.2) is 0 Å². The van der Waals surface area contributed by atoms with Crippen molar-refractivity contribution in [2.24, 2.45) is 17.7 Å². The third-order valence-corrected chi connectivity index (χ3v) is 4.18. The fraction of sp³-hybridized carbons (Fsp3) is 0.600. The minimum atomic E-state index is -2.82. The van der Waals surface area contributed by atoms with Gasteiger partial charge in [0.25, 0.3) is 0 Å². The fourth-order valence-electron chi connectivity index (χ4n) is 3.04. The summed E-state index contributed by atoms with van der Waals surface area (Å²) in [6, 6.07) is 6.75. The first-order valence-electron chi connectivity index (χ1n) is 7.11. The van der Waals surface area contributed by atoms with E-state index < -0.39 is 6.61 Å². The molecule has 3 N–H and O–H groups in total. The summed E-state index contributed by atoms with van der Waals surface area (Å²) in [6.07, 6.45) is 4.42. The molecule has 1 unspecified atom stereocenters. The fourth-order valence-corrected chi connectivity index (χ4v) is 3.04. The Hall–Kier alpha value is -1.20. The van der Waals surface area contributed by atoms with E-state index in [0.29, 0.717) is 5.92 Å². The molecule has 0 saturated heterocycles. The van der Waals surface area contributed by atoms with Crippen LogP contribution in [-0.4, -0.2) is 6.61 Å². The number of nitrogens with one attached hydrogen (secondary N) is 1. The molecule has 2 rings (SSSR count). The van der Waals surface area contributed by atoms with Gasteiger partial charge >= 0.3 is 6.61 Å². The Bertz CT molecular complexity index is 420. The van der Waals surface area contributed by atoms with Crippen molar-refractivity contribution in [1.29, 1.82) is 0 Å². The van der Waals surface area contributed by atoms with Gasteiger partial charge in [0, 0.05) is 5.56 Å². The smallest absolute Gasteiger partial charge is 0.387 e. The van der Waals surface area contributed by atoms with Crippen molar-refractivity contribution in [3.8, 4) is 5.75 Å². The molecule has 0 amide bonds. The number of benzene rings is 1. The van der Waals surface area contributed by atoms with Crippen molar-refractivity contribution in [2.75, 3.05) is 0 Å². The maximum atomic E-state index is 12.5. The van der Waals surface area contributed by atoms with E-state index in [1.54, 1.807) is 18.2 Å². The monoisotopic (exact) mass is 284 g/mol. The summed E-state index contributed by atoms with van der Waals surface area (Å²) in [7, 11) is 0. The van der Waals surface area contributed by atoms with Crippen LogP contribution in [-0.2, 0) is 0 Å². The normalized spacial score (nSPS) is 24.6. The molecule has 5 heteroatoms. The van der Waals surface area contributed by atoms with Crippen molar-refractivity contribution in [3.63, 3.8) is 0 Å². The molecule has 1 saturated carbocycles. The Morgan fingerprint density at radius 1 is 1.20 bits per heavy atom. The second kappa shape index (κ2) is 6.99. The van der Waals surface area contributed by atoms with E-state index in [4.69, 9.17) is 5.84 Å². The number of rotatable bonds is 5. The predicted octanol–water partition coefficient (Wildman–Crippen LogP) is 3.62. The van der Waals surface area contributed by atoms with E-state index in [9.17, 15) is 8.78 Å². The lowest BCUT2D eigenvalue weighted by molar-refractivity contribution is -0.0509. The van der Waals surface area contributed by atoms with Gasteiger partial charge in [0.1, 0.15) is 5.75 Å². The number of halogens is 2. The van der Waals surface area contributed by atoms with E-state index in [1.807, 2.05) is 6.07 Å². The molecule has 0 aromatic heterocycles. The van der Waals surface area contributed by atoms with Crippen molar-refractivity contribution in [1.82, 2.24) is 5.43 Å². The Balaban J connectivity index is 2.18. The molecule has 20 heavy (non-hydrogen) atoms. The Morgan fingerprint density at radius 3 is 2.45 bits per heavy atom. The third-order valence-electron chi connectivity index (χ3n) is 4.18. The van der Waals surface area contributed by atoms with E-state index in [0.717, 1.165) is 37.2 Å². The van der Waals surface area contributed by atoms with E-state index in [2.05, 4.69) is 17.1 Å². The number of alkyl halides is 2. The molecule has 1 aliphatic rings. The maximum absolute atomic E-state index is 12.5. The minimum Gasteiger partial charge on any atom is -0.434 e. The molecule has 1 aromatic rings. The molecule has 0 spiro atoms. The van der Waals surface area contributed by atoms with Crippen molar-refractivity contribution >= 4 is 0 Å². The molecule has 1 fully saturated rings. The van der Waals surface area contributed by atoms with Gasteiger partial charge in [-0.25, -0.2) is 0 Å². The largest absolute Gasteiger partial charge is 0.434 e. The molecule has 0 radical (unpaired) electrons. The lowest BCUT2D eigenvalue weighted by atomic mass is 9.77. The minimum absolute atomic E-state index is 0.141. The van der Waals surface area contributed by atoms with Gasteiger partial charge in [-0.05, 0) is 30.7 Å². The first-order valence-corrected chi connectivity index (χ1v) is 7.11. The zero-order chi connectivity index (χ0) is 14.5. The zero-order valence-corrected chi connectivity index (χ0v) is 11.7. The molecular formula is C15H22F2N2O. The topological polar surface area (TPSA) is 47.3 Å². The van der Waals surface area contributed by atoms with E-state index in [-0.39, 0.29) is 11.8 Å². The SMILES string of the molecule is CC1CCC(C(NN)c2ccccc2OC(F)F)CC1. The van der Waals surface area contributed by atoms with Gasteiger partial charge in [-0.1, -0.05) is 38.0 Å². The highest BCUT2D eigenvalue weighted by Crippen LogP contribution is 2.39. The number of hydrazine groups is 1. The van der Waals surface area contributed by atoms with Gasteiger partial charge in [-0.2, -0.15) is 8.78 Å². The molecule has 112 valence electrons. The summed E-state index contributed by atoms with van der Waals surface area (Å²) in [5, 5.41) is 0. The van der Waals surface area contributed by atoms with Gasteiger partial charge in [-0.3, -0.25) is 11.3 Å². The maximum Gasteiger partial charge on any atom is 0.387 e. The average Bonchev–Trinajstić information content (AvgIpc) is 2.43. The first kappa shape index (κ1) is 15.2. The summed E-state index contributed by atoms with van der Waals surface area (Å²) in [6.45, 7) is -0.574. The predicted molar refractivity (Wildman–Crippen MR) is 74.3 cm³/mol. The summed E-state index contributed by atoms with van der Waals surface area (Å²) >= 11 is 0. The van der Waals surface area contributed by atoms with Gasteiger partial charge in [-0.15, -0.1) is 0 Å². The Labute approximate surface area is 118 Å². The van der Waals surface area contributed by atoms with Gasteiger partial charge in [0.2, 0.25) is 0 Å². The number of hydrogen-bond acceptors (Lipinski definition) is 3. The van der Waals surface area contributed by atoms with Crippen LogP contribution in [0.2, 0.25) is 0 Å². The van der Waals surface area contributed by atoms with Crippen LogP contribution in [0.15, 0.2) is 24.3 Å². The molecule has 0 heterocycles.